The van der Waals surface area contributed by atoms with Crippen LogP contribution in [0.1, 0.15) is 49.5 Å². The highest BCUT2D eigenvalue weighted by Gasteiger charge is 2.24. The Kier molecular flexibility index (Phi) is 3.02. The second kappa shape index (κ2) is 4.65. The molecule has 1 N–H and O–H groups in total. The van der Waals surface area contributed by atoms with Crippen molar-refractivity contribution >= 4 is 0 Å². The number of ether oxygens (including phenoxy) is 1. The summed E-state index contributed by atoms with van der Waals surface area (Å²) in [7, 11) is 0. The molecule has 1 saturated carbocycles. The molecule has 2 aliphatic rings. The maximum Gasteiger partial charge on any atom is 0.125 e. The van der Waals surface area contributed by atoms with Crippen LogP contribution in [0, 0.1) is 5.92 Å². The molecule has 1 fully saturated rings. The number of aliphatic hydroxyl groups is 1. The summed E-state index contributed by atoms with van der Waals surface area (Å²) < 4.78 is 5.88. The molecule has 0 bridgehead atoms. The Balaban J connectivity index is 1.84. The summed E-state index contributed by atoms with van der Waals surface area (Å²) in [4.78, 5) is 4.33. The first-order valence-electron chi connectivity index (χ1n) is 6.63. The lowest BCUT2D eigenvalue weighted by Crippen LogP contribution is -2.07. The SMILES string of the molecule is OC1CCCCc2c(OCC3CC3)ccnc21. The molecular formula is C14H19NO2. The molecule has 1 heterocycles. The molecule has 2 aliphatic carbocycles. The number of nitrogens with zero attached hydrogens (tertiary/aromatic N) is 1. The van der Waals surface area contributed by atoms with Crippen LogP contribution in [0.2, 0.25) is 0 Å². The van der Waals surface area contributed by atoms with Gasteiger partial charge in [-0.15, -0.1) is 0 Å². The molecule has 0 saturated heterocycles. The molecule has 1 atom stereocenters. The third-order valence-corrected chi connectivity index (χ3v) is 3.69. The Morgan fingerprint density at radius 3 is 3.00 bits per heavy atom. The van der Waals surface area contributed by atoms with Gasteiger partial charge in [-0.25, -0.2) is 0 Å². The molecule has 92 valence electrons. The van der Waals surface area contributed by atoms with E-state index in [4.69, 9.17) is 4.74 Å². The van der Waals surface area contributed by atoms with Crippen molar-refractivity contribution in [3.63, 3.8) is 0 Å². The topological polar surface area (TPSA) is 42.4 Å². The lowest BCUT2D eigenvalue weighted by molar-refractivity contribution is 0.161. The molecule has 0 radical (unpaired) electrons. The molecule has 3 heteroatoms. The second-order valence-corrected chi connectivity index (χ2v) is 5.19. The lowest BCUT2D eigenvalue weighted by Gasteiger charge is -2.14. The van der Waals surface area contributed by atoms with Crippen LogP contribution < -0.4 is 4.74 Å². The summed E-state index contributed by atoms with van der Waals surface area (Å²) in [5.41, 5.74) is 1.98. The molecule has 3 nitrogen and oxygen atoms in total. The maximum atomic E-state index is 10.0. The van der Waals surface area contributed by atoms with Crippen LogP contribution in [0.5, 0.6) is 5.75 Å². The average Bonchev–Trinajstić information content (AvgIpc) is 3.16. The predicted octanol–water partition coefficient (Wildman–Crippen LogP) is 2.63. The van der Waals surface area contributed by atoms with Gasteiger partial charge >= 0.3 is 0 Å². The third-order valence-electron chi connectivity index (χ3n) is 3.69. The quantitative estimate of drug-likeness (QED) is 0.816. The Morgan fingerprint density at radius 2 is 2.18 bits per heavy atom. The van der Waals surface area contributed by atoms with E-state index in [1.54, 1.807) is 6.20 Å². The zero-order valence-electron chi connectivity index (χ0n) is 10.1. The van der Waals surface area contributed by atoms with Gasteiger partial charge in [-0.05, 0) is 44.1 Å². The molecule has 3 rings (SSSR count). The lowest BCUT2D eigenvalue weighted by atomic mass is 10.1. The van der Waals surface area contributed by atoms with Gasteiger partial charge in [0.1, 0.15) is 5.75 Å². The van der Waals surface area contributed by atoms with Crippen LogP contribution in [0.4, 0.5) is 0 Å². The zero-order chi connectivity index (χ0) is 11.7. The van der Waals surface area contributed by atoms with Crippen molar-refractivity contribution in [3.05, 3.63) is 23.5 Å². The van der Waals surface area contributed by atoms with Crippen LogP contribution in [0.25, 0.3) is 0 Å². The largest absolute Gasteiger partial charge is 0.493 e. The van der Waals surface area contributed by atoms with Crippen molar-refractivity contribution < 1.29 is 9.84 Å². The number of aliphatic hydroxyl groups excluding tert-OH is 1. The molecule has 17 heavy (non-hydrogen) atoms. The average molecular weight is 233 g/mol. The molecule has 1 unspecified atom stereocenters. The van der Waals surface area contributed by atoms with Crippen molar-refractivity contribution in [1.29, 1.82) is 0 Å². The number of rotatable bonds is 3. The minimum absolute atomic E-state index is 0.406. The molecule has 0 amide bonds. The van der Waals surface area contributed by atoms with Gasteiger partial charge in [-0.3, -0.25) is 4.98 Å². The van der Waals surface area contributed by atoms with Gasteiger partial charge in [0.15, 0.2) is 0 Å². The Morgan fingerprint density at radius 1 is 1.29 bits per heavy atom. The fourth-order valence-electron chi connectivity index (χ4n) is 2.43. The molecule has 0 spiro atoms. The molecule has 0 aliphatic heterocycles. The number of fused-ring (bicyclic) bond motifs is 1. The standard InChI is InChI=1S/C14H19NO2/c16-12-4-2-1-3-11-13(7-8-15-14(11)12)17-9-10-5-6-10/h7-8,10,12,16H,1-6,9H2. The van der Waals surface area contributed by atoms with E-state index in [2.05, 4.69) is 4.98 Å². The van der Waals surface area contributed by atoms with E-state index in [9.17, 15) is 5.11 Å². The summed E-state index contributed by atoms with van der Waals surface area (Å²) in [6.07, 6.45) is 7.96. The minimum Gasteiger partial charge on any atom is -0.493 e. The van der Waals surface area contributed by atoms with Gasteiger partial charge in [0, 0.05) is 11.8 Å². The monoisotopic (exact) mass is 233 g/mol. The summed E-state index contributed by atoms with van der Waals surface area (Å²) in [5, 5.41) is 10.0. The van der Waals surface area contributed by atoms with E-state index < -0.39 is 6.10 Å². The van der Waals surface area contributed by atoms with Gasteiger partial charge in [0.25, 0.3) is 0 Å². The molecule has 0 aromatic carbocycles. The minimum atomic E-state index is -0.406. The van der Waals surface area contributed by atoms with Crippen LogP contribution in [0.15, 0.2) is 12.3 Å². The Hall–Kier alpha value is -1.09. The Bertz CT molecular complexity index is 401. The molecule has 1 aromatic rings. The van der Waals surface area contributed by atoms with Crippen molar-refractivity contribution in [1.82, 2.24) is 4.98 Å². The van der Waals surface area contributed by atoms with E-state index in [0.29, 0.717) is 0 Å². The fourth-order valence-corrected chi connectivity index (χ4v) is 2.43. The predicted molar refractivity (Wildman–Crippen MR) is 65.0 cm³/mol. The highest BCUT2D eigenvalue weighted by molar-refractivity contribution is 5.37. The van der Waals surface area contributed by atoms with E-state index in [1.165, 1.54) is 12.8 Å². The van der Waals surface area contributed by atoms with Crippen molar-refractivity contribution in [2.75, 3.05) is 6.61 Å². The molecule has 1 aromatic heterocycles. The van der Waals surface area contributed by atoms with Crippen LogP contribution in [-0.2, 0) is 6.42 Å². The van der Waals surface area contributed by atoms with Crippen molar-refractivity contribution in [2.24, 2.45) is 5.92 Å². The van der Waals surface area contributed by atoms with Crippen molar-refractivity contribution in [3.8, 4) is 5.75 Å². The zero-order valence-corrected chi connectivity index (χ0v) is 10.1. The summed E-state index contributed by atoms with van der Waals surface area (Å²) >= 11 is 0. The highest BCUT2D eigenvalue weighted by Crippen LogP contribution is 2.34. The van der Waals surface area contributed by atoms with Gasteiger partial charge in [0.05, 0.1) is 18.4 Å². The molecular weight excluding hydrogens is 214 g/mol. The van der Waals surface area contributed by atoms with E-state index >= 15 is 0 Å². The Labute approximate surface area is 102 Å². The van der Waals surface area contributed by atoms with E-state index in [0.717, 1.165) is 55.2 Å². The van der Waals surface area contributed by atoms with Crippen LogP contribution in [0.3, 0.4) is 0 Å². The normalized spacial score (nSPS) is 23.9. The van der Waals surface area contributed by atoms with E-state index in [1.807, 2.05) is 6.07 Å². The van der Waals surface area contributed by atoms with Gasteiger partial charge in [0.2, 0.25) is 0 Å². The first-order valence-corrected chi connectivity index (χ1v) is 6.63. The third kappa shape index (κ3) is 2.44. The van der Waals surface area contributed by atoms with Crippen LogP contribution >= 0.6 is 0 Å². The van der Waals surface area contributed by atoms with Gasteiger partial charge in [-0.1, -0.05) is 6.42 Å². The fraction of sp³-hybridized carbons (Fsp3) is 0.643. The maximum absolute atomic E-state index is 10.0. The number of pyridine rings is 1. The highest BCUT2D eigenvalue weighted by atomic mass is 16.5. The number of aromatic nitrogens is 1. The first kappa shape index (κ1) is 11.0. The summed E-state index contributed by atoms with van der Waals surface area (Å²) in [6, 6.07) is 1.94. The number of hydrogen-bond acceptors (Lipinski definition) is 3. The van der Waals surface area contributed by atoms with Crippen molar-refractivity contribution in [2.45, 2.75) is 44.6 Å². The van der Waals surface area contributed by atoms with Crippen LogP contribution in [-0.4, -0.2) is 16.7 Å². The summed E-state index contributed by atoms with van der Waals surface area (Å²) in [6.45, 7) is 0.826. The van der Waals surface area contributed by atoms with E-state index in [-0.39, 0.29) is 0 Å². The summed E-state index contributed by atoms with van der Waals surface area (Å²) in [5.74, 6) is 1.71. The van der Waals surface area contributed by atoms with Gasteiger partial charge in [-0.2, -0.15) is 0 Å². The smallest absolute Gasteiger partial charge is 0.125 e. The number of hydrogen-bond donors (Lipinski definition) is 1. The second-order valence-electron chi connectivity index (χ2n) is 5.19. The first-order chi connectivity index (χ1) is 8.34. The van der Waals surface area contributed by atoms with Gasteiger partial charge < -0.3 is 9.84 Å².